The number of aliphatic hydroxyl groups excluding tert-OH is 2. The summed E-state index contributed by atoms with van der Waals surface area (Å²) in [4.78, 5) is 0. The Morgan fingerprint density at radius 2 is 1.18 bits per heavy atom. The maximum Gasteiger partial charge on any atom is 0.0693 e. The second-order valence-electron chi connectivity index (χ2n) is 1.43. The molecule has 0 rings (SSSR count). The molecule has 5 heteroatoms. The Balaban J connectivity index is -0.000000107. The van der Waals surface area contributed by atoms with E-state index in [1.807, 2.05) is 0 Å². The van der Waals surface area contributed by atoms with Crippen LogP contribution in [0.3, 0.4) is 0 Å². The molecule has 0 spiro atoms. The molecule has 0 aliphatic carbocycles. The van der Waals surface area contributed by atoms with E-state index in [2.05, 4.69) is 9.47 Å². The van der Waals surface area contributed by atoms with Gasteiger partial charge in [0.1, 0.15) is 0 Å². The van der Waals surface area contributed by atoms with Crippen molar-refractivity contribution >= 4 is 48.9 Å². The molecule has 0 amide bonds. The van der Waals surface area contributed by atoms with Gasteiger partial charge in [-0.15, -0.1) is 0 Å². The van der Waals surface area contributed by atoms with Gasteiger partial charge in [-0.3, -0.25) is 0 Å². The minimum absolute atomic E-state index is 0. The van der Waals surface area contributed by atoms with Gasteiger partial charge in [-0.25, -0.2) is 0 Å². The first-order chi connectivity index (χ1) is 4.83. The minimum Gasteiger partial charge on any atom is -0.394 e. The van der Waals surface area contributed by atoms with Crippen molar-refractivity contribution in [2.24, 2.45) is 0 Å². The summed E-state index contributed by atoms with van der Waals surface area (Å²) in [6.45, 7) is 1.13. The fourth-order valence-corrected chi connectivity index (χ4v) is 0.183. The number of hydrogen-bond acceptors (Lipinski definition) is 4. The monoisotopic (exact) mass is 290 g/mol. The summed E-state index contributed by atoms with van der Waals surface area (Å²) in [5, 5.41) is 15.9. The van der Waals surface area contributed by atoms with E-state index in [1.54, 1.807) is 14.2 Å². The molecule has 0 aromatic heterocycles. The Kier molecular flexibility index (Phi) is 37.4. The molecule has 0 bridgehead atoms. The SMILES string of the molecule is COCCO.COCCO.[Ba]. The van der Waals surface area contributed by atoms with Crippen molar-refractivity contribution in [3.8, 4) is 0 Å². The molecular formula is C6H16BaO4. The molecular weight excluding hydrogens is 273 g/mol. The first-order valence-electron chi connectivity index (χ1n) is 3.03. The van der Waals surface area contributed by atoms with Gasteiger partial charge in [0.15, 0.2) is 0 Å². The van der Waals surface area contributed by atoms with Crippen LogP contribution in [0.2, 0.25) is 0 Å². The third kappa shape index (κ3) is 34.5. The van der Waals surface area contributed by atoms with Crippen LogP contribution in [0.1, 0.15) is 0 Å². The van der Waals surface area contributed by atoms with Gasteiger partial charge in [0, 0.05) is 63.1 Å². The molecule has 11 heavy (non-hydrogen) atoms. The van der Waals surface area contributed by atoms with Gasteiger partial charge in [0.05, 0.1) is 26.4 Å². The summed E-state index contributed by atoms with van der Waals surface area (Å²) in [7, 11) is 3.10. The van der Waals surface area contributed by atoms with Crippen LogP contribution in [0.25, 0.3) is 0 Å². The molecule has 0 heterocycles. The van der Waals surface area contributed by atoms with Crippen LogP contribution in [0.4, 0.5) is 0 Å². The zero-order valence-electron chi connectivity index (χ0n) is 7.25. The van der Waals surface area contributed by atoms with Gasteiger partial charge < -0.3 is 19.7 Å². The summed E-state index contributed by atoms with van der Waals surface area (Å²) >= 11 is 0. The molecule has 0 saturated heterocycles. The number of aliphatic hydroxyl groups is 2. The van der Waals surface area contributed by atoms with E-state index in [0.29, 0.717) is 13.2 Å². The fourth-order valence-electron chi connectivity index (χ4n) is 0.183. The van der Waals surface area contributed by atoms with E-state index in [0.717, 1.165) is 0 Å². The van der Waals surface area contributed by atoms with Crippen LogP contribution in [0.15, 0.2) is 0 Å². The first-order valence-corrected chi connectivity index (χ1v) is 3.03. The Morgan fingerprint density at radius 1 is 0.909 bits per heavy atom. The molecule has 0 atom stereocenters. The van der Waals surface area contributed by atoms with Crippen LogP contribution < -0.4 is 0 Å². The van der Waals surface area contributed by atoms with Crippen LogP contribution in [-0.2, 0) is 9.47 Å². The maximum atomic E-state index is 7.94. The van der Waals surface area contributed by atoms with Gasteiger partial charge in [0.2, 0.25) is 0 Å². The summed E-state index contributed by atoms with van der Waals surface area (Å²) in [5.41, 5.74) is 0. The van der Waals surface area contributed by atoms with Crippen molar-refractivity contribution in [3.63, 3.8) is 0 Å². The van der Waals surface area contributed by atoms with E-state index in [9.17, 15) is 0 Å². The Bertz CT molecular complexity index is 35.6. The average Bonchev–Trinajstić information content (AvgIpc) is 1.93. The van der Waals surface area contributed by atoms with Gasteiger partial charge in [-0.05, 0) is 0 Å². The molecule has 0 aromatic rings. The van der Waals surface area contributed by atoms with Crippen LogP contribution in [0, 0.1) is 0 Å². The molecule has 0 aliphatic rings. The van der Waals surface area contributed by atoms with E-state index < -0.39 is 0 Å². The number of ether oxygens (including phenoxy) is 2. The molecule has 0 aromatic carbocycles. The van der Waals surface area contributed by atoms with Gasteiger partial charge in [-0.1, -0.05) is 0 Å². The van der Waals surface area contributed by atoms with E-state index >= 15 is 0 Å². The zero-order valence-corrected chi connectivity index (χ0v) is 11.7. The predicted molar refractivity (Wildman–Crippen MR) is 43.7 cm³/mol. The summed E-state index contributed by atoms with van der Waals surface area (Å²) in [6, 6.07) is 0. The third-order valence-electron chi connectivity index (χ3n) is 0.591. The normalized spacial score (nSPS) is 7.64. The van der Waals surface area contributed by atoms with Gasteiger partial charge in [-0.2, -0.15) is 0 Å². The number of methoxy groups -OCH3 is 2. The van der Waals surface area contributed by atoms with Gasteiger partial charge in [0.25, 0.3) is 0 Å². The topological polar surface area (TPSA) is 58.9 Å². The van der Waals surface area contributed by atoms with Crippen molar-refractivity contribution in [1.82, 2.24) is 0 Å². The maximum absolute atomic E-state index is 7.94. The standard InChI is InChI=1S/2C3H8O2.Ba/c2*1-5-3-2-4;/h2*4H,2-3H2,1H3;. The molecule has 0 fully saturated rings. The van der Waals surface area contributed by atoms with E-state index in [-0.39, 0.29) is 62.1 Å². The van der Waals surface area contributed by atoms with Crippen molar-refractivity contribution in [2.75, 3.05) is 40.6 Å². The second kappa shape index (κ2) is 22.5. The Hall–Kier alpha value is 1.41. The molecule has 0 unspecified atom stereocenters. The number of hydrogen-bond donors (Lipinski definition) is 2. The quantitative estimate of drug-likeness (QED) is 0.643. The fraction of sp³-hybridized carbons (Fsp3) is 1.00. The minimum atomic E-state index is 0. The van der Waals surface area contributed by atoms with E-state index in [4.69, 9.17) is 10.2 Å². The molecule has 0 aliphatic heterocycles. The molecule has 0 saturated carbocycles. The Labute approximate surface area is 108 Å². The summed E-state index contributed by atoms with van der Waals surface area (Å²) in [6.07, 6.45) is 0. The molecule has 4 nitrogen and oxygen atoms in total. The largest absolute Gasteiger partial charge is 0.394 e. The van der Waals surface area contributed by atoms with Crippen molar-refractivity contribution < 1.29 is 19.7 Å². The number of rotatable bonds is 4. The summed E-state index contributed by atoms with van der Waals surface area (Å²) < 4.78 is 8.88. The Morgan fingerprint density at radius 3 is 1.18 bits per heavy atom. The predicted octanol–water partition coefficient (Wildman–Crippen LogP) is -1.13. The molecule has 2 radical (unpaired) electrons. The zero-order chi connectivity index (χ0) is 8.24. The third-order valence-corrected chi connectivity index (χ3v) is 0.591. The molecule has 66 valence electrons. The molecule has 2 N–H and O–H groups in total. The first kappa shape index (κ1) is 18.2. The summed E-state index contributed by atoms with van der Waals surface area (Å²) in [5.74, 6) is 0. The van der Waals surface area contributed by atoms with E-state index in [1.165, 1.54) is 0 Å². The van der Waals surface area contributed by atoms with Crippen LogP contribution in [-0.4, -0.2) is 99.7 Å². The second-order valence-corrected chi connectivity index (χ2v) is 1.43. The smallest absolute Gasteiger partial charge is 0.0693 e. The van der Waals surface area contributed by atoms with Gasteiger partial charge >= 0.3 is 0 Å². The van der Waals surface area contributed by atoms with Crippen molar-refractivity contribution in [3.05, 3.63) is 0 Å². The van der Waals surface area contributed by atoms with Crippen molar-refractivity contribution in [2.45, 2.75) is 0 Å². The van der Waals surface area contributed by atoms with Crippen molar-refractivity contribution in [1.29, 1.82) is 0 Å². The van der Waals surface area contributed by atoms with Crippen LogP contribution in [0.5, 0.6) is 0 Å². The average molecular weight is 290 g/mol. The van der Waals surface area contributed by atoms with Crippen LogP contribution >= 0.6 is 0 Å².